The third-order valence-electron chi connectivity index (χ3n) is 2.82. The maximum Gasteiger partial charge on any atom is 0.157 e. The first-order valence-corrected chi connectivity index (χ1v) is 6.05. The van der Waals surface area contributed by atoms with E-state index in [1.54, 1.807) is 12.4 Å². The first-order valence-electron chi connectivity index (χ1n) is 5.65. The Kier molecular flexibility index (Phi) is 3.66. The molecule has 1 aliphatic rings. The van der Waals surface area contributed by atoms with Gasteiger partial charge >= 0.3 is 0 Å². The summed E-state index contributed by atoms with van der Waals surface area (Å²) in [5.41, 5.74) is 6.31. The smallest absolute Gasteiger partial charge is 0.157 e. The second kappa shape index (κ2) is 5.21. The first-order chi connectivity index (χ1) is 7.79. The third-order valence-corrected chi connectivity index (χ3v) is 3.01. The second-order valence-corrected chi connectivity index (χ2v) is 4.43. The number of hydrogen-bond acceptors (Lipinski definition) is 4. The van der Waals surface area contributed by atoms with Crippen molar-refractivity contribution in [3.05, 3.63) is 18.1 Å². The van der Waals surface area contributed by atoms with Gasteiger partial charge in [-0.2, -0.15) is 0 Å². The van der Waals surface area contributed by atoms with Crippen LogP contribution in [-0.4, -0.2) is 28.0 Å². The maximum atomic E-state index is 5.66. The van der Waals surface area contributed by atoms with Gasteiger partial charge in [0.1, 0.15) is 10.7 Å². The molecule has 0 radical (unpaired) electrons. The average molecular weight is 236 g/mol. The molecule has 1 aliphatic heterocycles. The molecule has 0 bridgehead atoms. The van der Waals surface area contributed by atoms with Crippen LogP contribution in [0, 0.1) is 0 Å². The van der Waals surface area contributed by atoms with Crippen LogP contribution in [0.1, 0.15) is 31.4 Å². The average Bonchev–Trinajstić information content (AvgIpc) is 2.57. The summed E-state index contributed by atoms with van der Waals surface area (Å²) in [7, 11) is 0. The van der Waals surface area contributed by atoms with Crippen LogP contribution >= 0.6 is 12.2 Å². The molecule has 86 valence electrons. The van der Waals surface area contributed by atoms with Crippen LogP contribution in [0.5, 0.6) is 0 Å². The molecule has 2 N–H and O–H groups in total. The standard InChI is InChI=1S/C11H16N4S/c12-10(16)9-11(14-6-5-13-9)15-7-3-1-2-4-8-15/h5-6H,1-4,7-8H2,(H2,12,16). The molecule has 0 atom stereocenters. The van der Waals surface area contributed by atoms with E-state index in [0.717, 1.165) is 18.9 Å². The number of anilines is 1. The zero-order valence-corrected chi connectivity index (χ0v) is 10.0. The fourth-order valence-corrected chi connectivity index (χ4v) is 2.16. The van der Waals surface area contributed by atoms with Crippen LogP contribution in [0.4, 0.5) is 5.82 Å². The van der Waals surface area contributed by atoms with Crippen molar-refractivity contribution in [1.82, 2.24) is 9.97 Å². The van der Waals surface area contributed by atoms with Crippen molar-refractivity contribution >= 4 is 23.0 Å². The predicted molar refractivity (Wildman–Crippen MR) is 68.6 cm³/mol. The maximum absolute atomic E-state index is 5.66. The summed E-state index contributed by atoms with van der Waals surface area (Å²) in [5.74, 6) is 0.844. The minimum Gasteiger partial charge on any atom is -0.388 e. The largest absolute Gasteiger partial charge is 0.388 e. The Hall–Kier alpha value is -1.23. The lowest BCUT2D eigenvalue weighted by molar-refractivity contribution is 0.726. The number of hydrogen-bond donors (Lipinski definition) is 1. The van der Waals surface area contributed by atoms with E-state index in [9.17, 15) is 0 Å². The van der Waals surface area contributed by atoms with Gasteiger partial charge in [0.15, 0.2) is 5.82 Å². The predicted octanol–water partition coefficient (Wildman–Crippen LogP) is 1.49. The van der Waals surface area contributed by atoms with Crippen LogP contribution in [-0.2, 0) is 0 Å². The van der Waals surface area contributed by atoms with Crippen molar-refractivity contribution in [3.8, 4) is 0 Å². The summed E-state index contributed by atoms with van der Waals surface area (Å²) < 4.78 is 0. The molecule has 0 aromatic carbocycles. The highest BCUT2D eigenvalue weighted by molar-refractivity contribution is 7.80. The second-order valence-electron chi connectivity index (χ2n) is 3.99. The van der Waals surface area contributed by atoms with E-state index in [4.69, 9.17) is 18.0 Å². The minimum absolute atomic E-state index is 0.326. The molecule has 0 aliphatic carbocycles. The van der Waals surface area contributed by atoms with Crippen molar-refractivity contribution in [2.45, 2.75) is 25.7 Å². The van der Waals surface area contributed by atoms with E-state index >= 15 is 0 Å². The highest BCUT2D eigenvalue weighted by atomic mass is 32.1. The van der Waals surface area contributed by atoms with E-state index < -0.39 is 0 Å². The zero-order chi connectivity index (χ0) is 11.4. The molecule has 0 spiro atoms. The van der Waals surface area contributed by atoms with Crippen LogP contribution in [0.15, 0.2) is 12.4 Å². The van der Waals surface area contributed by atoms with Gasteiger partial charge in [-0.25, -0.2) is 9.97 Å². The van der Waals surface area contributed by atoms with E-state index in [-0.39, 0.29) is 0 Å². The number of rotatable bonds is 2. The molecule has 0 saturated carbocycles. The van der Waals surface area contributed by atoms with E-state index in [0.29, 0.717) is 10.7 Å². The molecular formula is C11H16N4S. The summed E-state index contributed by atoms with van der Waals surface area (Å²) in [5, 5.41) is 0. The summed E-state index contributed by atoms with van der Waals surface area (Å²) >= 11 is 5.00. The fraction of sp³-hybridized carbons (Fsp3) is 0.545. The summed E-state index contributed by atoms with van der Waals surface area (Å²) in [4.78, 5) is 11.1. The van der Waals surface area contributed by atoms with Gasteiger partial charge in [-0.1, -0.05) is 25.1 Å². The molecule has 4 nitrogen and oxygen atoms in total. The van der Waals surface area contributed by atoms with Crippen molar-refractivity contribution in [2.75, 3.05) is 18.0 Å². The number of thiocarbonyl (C=S) groups is 1. The Balaban J connectivity index is 2.27. The molecule has 1 aromatic heterocycles. The molecular weight excluding hydrogens is 220 g/mol. The molecule has 1 aromatic rings. The number of nitrogens with zero attached hydrogens (tertiary/aromatic N) is 3. The van der Waals surface area contributed by atoms with Crippen LogP contribution in [0.25, 0.3) is 0 Å². The minimum atomic E-state index is 0.326. The lowest BCUT2D eigenvalue weighted by Crippen LogP contribution is -2.28. The van der Waals surface area contributed by atoms with Gasteiger partial charge in [-0.05, 0) is 12.8 Å². The molecule has 2 rings (SSSR count). The van der Waals surface area contributed by atoms with Gasteiger partial charge in [-0.3, -0.25) is 0 Å². The molecule has 5 heteroatoms. The van der Waals surface area contributed by atoms with Gasteiger partial charge in [0, 0.05) is 25.5 Å². The summed E-state index contributed by atoms with van der Waals surface area (Å²) in [6, 6.07) is 0. The quantitative estimate of drug-likeness (QED) is 0.788. The number of nitrogens with two attached hydrogens (primary N) is 1. The Labute approximate surface area is 101 Å². The van der Waals surface area contributed by atoms with E-state index in [2.05, 4.69) is 14.9 Å². The molecule has 2 heterocycles. The van der Waals surface area contributed by atoms with E-state index in [1.807, 2.05) is 0 Å². The molecule has 1 saturated heterocycles. The van der Waals surface area contributed by atoms with Crippen LogP contribution < -0.4 is 10.6 Å². The SMILES string of the molecule is NC(=S)c1nccnc1N1CCCCCC1. The molecule has 16 heavy (non-hydrogen) atoms. The Morgan fingerprint density at radius 2 is 1.75 bits per heavy atom. The normalized spacial score (nSPS) is 16.9. The molecule has 1 fully saturated rings. The van der Waals surface area contributed by atoms with Gasteiger partial charge in [0.25, 0.3) is 0 Å². The van der Waals surface area contributed by atoms with Crippen molar-refractivity contribution in [1.29, 1.82) is 0 Å². The summed E-state index contributed by atoms with van der Waals surface area (Å²) in [6.45, 7) is 2.04. The summed E-state index contributed by atoms with van der Waals surface area (Å²) in [6.07, 6.45) is 8.32. The topological polar surface area (TPSA) is 55.0 Å². The lowest BCUT2D eigenvalue weighted by Gasteiger charge is -2.22. The highest BCUT2D eigenvalue weighted by Crippen LogP contribution is 2.19. The van der Waals surface area contributed by atoms with Crippen LogP contribution in [0.3, 0.4) is 0 Å². The Morgan fingerprint density at radius 1 is 1.12 bits per heavy atom. The fourth-order valence-electron chi connectivity index (χ4n) is 2.02. The van der Waals surface area contributed by atoms with Gasteiger partial charge in [0.05, 0.1) is 0 Å². The van der Waals surface area contributed by atoms with Crippen molar-refractivity contribution in [3.63, 3.8) is 0 Å². The third kappa shape index (κ3) is 2.47. The van der Waals surface area contributed by atoms with Crippen molar-refractivity contribution < 1.29 is 0 Å². The van der Waals surface area contributed by atoms with Gasteiger partial charge in [0.2, 0.25) is 0 Å². The molecule has 0 unspecified atom stereocenters. The van der Waals surface area contributed by atoms with Gasteiger partial charge < -0.3 is 10.6 Å². The lowest BCUT2D eigenvalue weighted by atomic mass is 10.2. The van der Waals surface area contributed by atoms with Crippen molar-refractivity contribution in [2.24, 2.45) is 5.73 Å². The highest BCUT2D eigenvalue weighted by Gasteiger charge is 2.16. The van der Waals surface area contributed by atoms with Gasteiger partial charge in [-0.15, -0.1) is 0 Å². The Bertz CT molecular complexity index is 372. The van der Waals surface area contributed by atoms with Crippen LogP contribution in [0.2, 0.25) is 0 Å². The molecule has 0 amide bonds. The monoisotopic (exact) mass is 236 g/mol. The zero-order valence-electron chi connectivity index (χ0n) is 9.22. The Morgan fingerprint density at radius 3 is 2.38 bits per heavy atom. The number of aromatic nitrogens is 2. The van der Waals surface area contributed by atoms with E-state index in [1.165, 1.54) is 25.7 Å². The first kappa shape index (κ1) is 11.3.